The summed E-state index contributed by atoms with van der Waals surface area (Å²) in [6, 6.07) is 21.6. The minimum Gasteiger partial charge on any atom is -0.0913 e. The van der Waals surface area contributed by atoms with E-state index in [1.54, 1.807) is 4.82 Å². The van der Waals surface area contributed by atoms with Gasteiger partial charge in [-0.15, -0.1) is 0 Å². The lowest BCUT2D eigenvalue weighted by molar-refractivity contribution is 0.831. The lowest BCUT2D eigenvalue weighted by Crippen LogP contribution is -2.26. The molecule has 0 fully saturated rings. The molecule has 0 atom stereocenters. The Kier molecular flexibility index (Phi) is 5.36. The number of allylic oxidation sites excluding steroid dienone is 1. The van der Waals surface area contributed by atoms with Crippen LogP contribution in [0.2, 0.25) is 0 Å². The molecule has 0 amide bonds. The molecule has 0 spiro atoms. The van der Waals surface area contributed by atoms with Crippen molar-refractivity contribution in [3.63, 3.8) is 0 Å². The third-order valence-electron chi connectivity index (χ3n) is 2.61. The molecule has 0 saturated heterocycles. The molecule has 0 N–H and O–H groups in total. The van der Waals surface area contributed by atoms with Crippen LogP contribution in [0.4, 0.5) is 0 Å². The van der Waals surface area contributed by atoms with Crippen LogP contribution in [0, 0.1) is 5.92 Å². The van der Waals surface area contributed by atoms with Crippen molar-refractivity contribution in [2.24, 2.45) is 5.92 Å². The molecule has 0 saturated carbocycles. The number of hydrogen-bond donors (Lipinski definition) is 0. The summed E-state index contributed by atoms with van der Waals surface area (Å²) in [7, 11) is 1.57. The minimum atomic E-state index is 0.613. The molecular weight excluding hydrogens is 260 g/mol. The van der Waals surface area contributed by atoms with E-state index in [4.69, 9.17) is 0 Å². The van der Waals surface area contributed by atoms with E-state index in [2.05, 4.69) is 80.6 Å². The summed E-state index contributed by atoms with van der Waals surface area (Å²) >= 11 is 0. The van der Waals surface area contributed by atoms with E-state index >= 15 is 0 Å². The number of hydrogen-bond acceptors (Lipinski definition) is 0. The molecule has 0 aliphatic heterocycles. The van der Waals surface area contributed by atoms with Crippen molar-refractivity contribution in [2.75, 3.05) is 0 Å². The second kappa shape index (κ2) is 7.26. The first-order chi connectivity index (χ1) is 9.24. The molecule has 0 bridgehead atoms. The second-order valence-corrected chi connectivity index (χ2v) is 8.04. The minimum absolute atomic E-state index is 0.613. The van der Waals surface area contributed by atoms with Gasteiger partial charge in [-0.1, -0.05) is 95.8 Å². The van der Waals surface area contributed by atoms with Gasteiger partial charge in [0.15, 0.2) is 0 Å². The first-order valence-corrected chi connectivity index (χ1v) is 8.60. The molecule has 2 rings (SSSR count). The Morgan fingerprint density at radius 2 is 1.21 bits per heavy atom. The van der Waals surface area contributed by atoms with Gasteiger partial charge in [-0.2, -0.15) is 0 Å². The van der Waals surface area contributed by atoms with Crippen molar-refractivity contribution < 1.29 is 0 Å². The summed E-state index contributed by atoms with van der Waals surface area (Å²) in [5.41, 5.74) is 0. The molecule has 0 nitrogen and oxygen atoms in total. The fourth-order valence-electron chi connectivity index (χ4n) is 1.80. The molecule has 0 aliphatic carbocycles. The fourth-order valence-corrected chi connectivity index (χ4v) is 5.09. The molecule has 2 aromatic rings. The van der Waals surface area contributed by atoms with E-state index in [0.717, 1.165) is 19.0 Å². The number of rotatable bonds is 5. The van der Waals surface area contributed by atoms with Crippen LogP contribution < -0.4 is 10.4 Å². The lowest BCUT2D eigenvalue weighted by Gasteiger charge is -2.08. The van der Waals surface area contributed by atoms with Crippen molar-refractivity contribution >= 4 is 29.4 Å². The average Bonchev–Trinajstić information content (AvgIpc) is 2.40. The van der Waals surface area contributed by atoms with E-state index in [1.807, 2.05) is 0 Å². The van der Waals surface area contributed by atoms with Crippen LogP contribution >= 0.6 is 0 Å². The van der Waals surface area contributed by atoms with Gasteiger partial charge in [-0.3, -0.25) is 0 Å². The summed E-state index contributed by atoms with van der Waals surface area (Å²) in [6.07, 6.45) is 2.43. The maximum absolute atomic E-state index is 2.43. The van der Waals surface area contributed by atoms with E-state index in [-0.39, 0.29) is 0 Å². The van der Waals surface area contributed by atoms with Crippen LogP contribution in [0.1, 0.15) is 13.8 Å². The Balaban J connectivity index is 2.13. The smallest absolute Gasteiger partial charge is 0.0913 e. The molecule has 4 radical (unpaired) electrons. The summed E-state index contributed by atoms with van der Waals surface area (Å²) in [5, 5.41) is 2.86. The molecular formula is C17H18Si2. The first kappa shape index (κ1) is 14.0. The summed E-state index contributed by atoms with van der Waals surface area (Å²) in [5.74, 6) is 0.613. The zero-order valence-corrected chi connectivity index (χ0v) is 13.4. The van der Waals surface area contributed by atoms with E-state index < -0.39 is 0 Å². The van der Waals surface area contributed by atoms with Crippen molar-refractivity contribution in [3.8, 4) is 0 Å². The largest absolute Gasteiger partial charge is 0.110 e. The van der Waals surface area contributed by atoms with Crippen molar-refractivity contribution in [3.05, 3.63) is 71.6 Å². The predicted octanol–water partition coefficient (Wildman–Crippen LogP) is 2.54. The van der Waals surface area contributed by atoms with Crippen molar-refractivity contribution in [2.45, 2.75) is 13.8 Å². The van der Waals surface area contributed by atoms with Crippen LogP contribution in [-0.4, -0.2) is 19.0 Å². The van der Waals surface area contributed by atoms with E-state index in [1.165, 1.54) is 10.4 Å². The third kappa shape index (κ3) is 5.01. The van der Waals surface area contributed by atoms with Crippen LogP contribution in [-0.2, 0) is 0 Å². The molecule has 2 heteroatoms. The summed E-state index contributed by atoms with van der Waals surface area (Å²) in [6.45, 7) is 4.51. The maximum Gasteiger partial charge on any atom is 0.110 e. The Labute approximate surface area is 121 Å². The van der Waals surface area contributed by atoms with Gasteiger partial charge in [0.25, 0.3) is 0 Å². The molecule has 0 heterocycles. The fraction of sp³-hybridized carbons (Fsp3) is 0.176. The summed E-state index contributed by atoms with van der Waals surface area (Å²) in [4.78, 5) is 1.56. The SMILES string of the molecule is CC(C)C=C([Si]c1ccccc1)[Si]c1ccccc1. The average molecular weight is 279 g/mol. The predicted molar refractivity (Wildman–Crippen MR) is 86.6 cm³/mol. The Bertz CT molecular complexity index is 472. The Morgan fingerprint density at radius 1 is 0.789 bits per heavy atom. The van der Waals surface area contributed by atoms with Gasteiger partial charge in [0.1, 0.15) is 19.0 Å². The third-order valence-corrected chi connectivity index (χ3v) is 5.47. The lowest BCUT2D eigenvalue weighted by atomic mass is 10.2. The highest BCUT2D eigenvalue weighted by atomic mass is 28.3. The first-order valence-electron chi connectivity index (χ1n) is 6.60. The molecule has 0 aromatic heterocycles. The Hall–Kier alpha value is -1.39. The van der Waals surface area contributed by atoms with Gasteiger partial charge in [0, 0.05) is 0 Å². The highest BCUT2D eigenvalue weighted by molar-refractivity contribution is 6.82. The van der Waals surface area contributed by atoms with Gasteiger partial charge in [0.05, 0.1) is 0 Å². The van der Waals surface area contributed by atoms with Crippen molar-refractivity contribution in [1.82, 2.24) is 0 Å². The van der Waals surface area contributed by atoms with Gasteiger partial charge < -0.3 is 0 Å². The van der Waals surface area contributed by atoms with Crippen LogP contribution in [0.25, 0.3) is 0 Å². The molecule has 94 valence electrons. The van der Waals surface area contributed by atoms with Crippen LogP contribution in [0.15, 0.2) is 71.6 Å². The van der Waals surface area contributed by atoms with Crippen LogP contribution in [0.5, 0.6) is 0 Å². The van der Waals surface area contributed by atoms with Gasteiger partial charge in [-0.05, 0) is 5.92 Å². The zero-order valence-electron chi connectivity index (χ0n) is 11.4. The molecule has 2 aromatic carbocycles. The standard InChI is InChI=1S/C17H18Si2/c1-14(2)13-17(18-15-9-5-3-6-10-15)19-16-11-7-4-8-12-16/h3-14H,1-2H3. The monoisotopic (exact) mass is 278 g/mol. The van der Waals surface area contributed by atoms with Crippen molar-refractivity contribution in [1.29, 1.82) is 0 Å². The topological polar surface area (TPSA) is 0 Å². The molecule has 0 unspecified atom stereocenters. The highest BCUT2D eigenvalue weighted by Crippen LogP contribution is 2.01. The number of benzene rings is 2. The quantitative estimate of drug-likeness (QED) is 0.737. The van der Waals surface area contributed by atoms with Gasteiger partial charge in [-0.25, -0.2) is 0 Å². The van der Waals surface area contributed by atoms with Gasteiger partial charge in [0.2, 0.25) is 0 Å². The summed E-state index contributed by atoms with van der Waals surface area (Å²) < 4.78 is 0. The van der Waals surface area contributed by atoms with E-state index in [0.29, 0.717) is 5.92 Å². The van der Waals surface area contributed by atoms with Gasteiger partial charge >= 0.3 is 0 Å². The normalized spacial score (nSPS) is 10.5. The maximum atomic E-state index is 2.43. The molecule has 0 aliphatic rings. The molecule has 19 heavy (non-hydrogen) atoms. The zero-order chi connectivity index (χ0) is 13.5. The Morgan fingerprint density at radius 3 is 1.58 bits per heavy atom. The van der Waals surface area contributed by atoms with E-state index in [9.17, 15) is 0 Å². The highest BCUT2D eigenvalue weighted by Gasteiger charge is 2.05. The van der Waals surface area contributed by atoms with Crippen LogP contribution in [0.3, 0.4) is 0 Å². The second-order valence-electron chi connectivity index (χ2n) is 4.81.